The molecule has 164 valence electrons. The summed E-state index contributed by atoms with van der Waals surface area (Å²) < 4.78 is 28.8. The van der Waals surface area contributed by atoms with E-state index in [4.69, 9.17) is 0 Å². The number of amides is 1. The van der Waals surface area contributed by atoms with Gasteiger partial charge >= 0.3 is 0 Å². The zero-order valence-electron chi connectivity index (χ0n) is 17.7. The Kier molecular flexibility index (Phi) is 5.22. The van der Waals surface area contributed by atoms with E-state index in [0.29, 0.717) is 12.2 Å². The number of fused-ring (bicyclic) bond motifs is 3. The number of anilines is 1. The van der Waals surface area contributed by atoms with Gasteiger partial charge in [-0.3, -0.25) is 9.78 Å². The highest BCUT2D eigenvalue weighted by Gasteiger charge is 2.47. The van der Waals surface area contributed by atoms with Crippen LogP contribution in [0.1, 0.15) is 38.2 Å². The van der Waals surface area contributed by atoms with Gasteiger partial charge in [-0.1, -0.05) is 18.2 Å². The molecule has 0 saturated carbocycles. The Balaban J connectivity index is 1.53. The van der Waals surface area contributed by atoms with E-state index in [9.17, 15) is 13.2 Å². The van der Waals surface area contributed by atoms with Crippen LogP contribution in [0.2, 0.25) is 0 Å². The van der Waals surface area contributed by atoms with E-state index in [1.54, 1.807) is 28.8 Å². The van der Waals surface area contributed by atoms with Crippen LogP contribution in [0.25, 0.3) is 0 Å². The predicted octanol–water partition coefficient (Wildman–Crippen LogP) is 2.63. The molecule has 0 bridgehead atoms. The van der Waals surface area contributed by atoms with Gasteiger partial charge in [0.15, 0.2) is 0 Å². The van der Waals surface area contributed by atoms with Crippen molar-refractivity contribution in [2.24, 2.45) is 0 Å². The lowest BCUT2D eigenvalue weighted by Gasteiger charge is -2.34. The number of nitrogens with zero attached hydrogens (tertiary/aromatic N) is 4. The highest BCUT2D eigenvalue weighted by Crippen LogP contribution is 2.41. The van der Waals surface area contributed by atoms with E-state index in [-0.39, 0.29) is 35.5 Å². The quantitative estimate of drug-likeness (QED) is 0.734. The molecule has 1 amide bonds. The highest BCUT2D eigenvalue weighted by atomic mass is 32.2. The van der Waals surface area contributed by atoms with Gasteiger partial charge in [0.05, 0.1) is 5.69 Å². The molecule has 1 aromatic heterocycles. The Morgan fingerprint density at radius 3 is 2.71 bits per heavy atom. The van der Waals surface area contributed by atoms with Gasteiger partial charge in [-0.25, -0.2) is 8.42 Å². The molecular formula is C23H28N4O3S. The summed E-state index contributed by atoms with van der Waals surface area (Å²) >= 11 is 0. The summed E-state index contributed by atoms with van der Waals surface area (Å²) in [5.41, 5.74) is 1.51. The van der Waals surface area contributed by atoms with Gasteiger partial charge in [0.2, 0.25) is 15.9 Å². The molecule has 0 spiro atoms. The minimum Gasteiger partial charge on any atom is -0.354 e. The Morgan fingerprint density at radius 2 is 1.97 bits per heavy atom. The van der Waals surface area contributed by atoms with E-state index in [1.807, 2.05) is 29.2 Å². The summed E-state index contributed by atoms with van der Waals surface area (Å²) in [7, 11) is -3.70. The van der Waals surface area contributed by atoms with E-state index >= 15 is 0 Å². The Bertz CT molecular complexity index is 1080. The molecule has 0 unspecified atom stereocenters. The van der Waals surface area contributed by atoms with Crippen LogP contribution in [-0.2, 0) is 21.4 Å². The van der Waals surface area contributed by atoms with Gasteiger partial charge in [0, 0.05) is 44.1 Å². The average Bonchev–Trinajstić information content (AvgIpc) is 3.37. The molecule has 1 aromatic carbocycles. The highest BCUT2D eigenvalue weighted by molar-refractivity contribution is 7.89. The Hall–Kier alpha value is -2.45. The van der Waals surface area contributed by atoms with Crippen LogP contribution in [0.15, 0.2) is 53.7 Å². The van der Waals surface area contributed by atoms with Crippen molar-refractivity contribution in [2.75, 3.05) is 18.0 Å². The number of hydrogen-bond acceptors (Lipinski definition) is 5. The molecule has 7 nitrogen and oxygen atoms in total. The summed E-state index contributed by atoms with van der Waals surface area (Å²) in [5.74, 6) is 0.139. The van der Waals surface area contributed by atoms with E-state index in [1.165, 1.54) is 0 Å². The fraction of sp³-hybridized carbons (Fsp3) is 0.478. The van der Waals surface area contributed by atoms with Crippen LogP contribution in [0.4, 0.5) is 5.69 Å². The summed E-state index contributed by atoms with van der Waals surface area (Å²) in [6, 6.07) is 10.8. The second-order valence-electron chi connectivity index (χ2n) is 8.80. The number of sulfonamides is 1. The zero-order chi connectivity index (χ0) is 21.6. The molecule has 4 heterocycles. The monoisotopic (exact) mass is 440 g/mol. The van der Waals surface area contributed by atoms with Crippen LogP contribution < -0.4 is 4.90 Å². The Morgan fingerprint density at radius 1 is 1.13 bits per heavy atom. The van der Waals surface area contributed by atoms with E-state index < -0.39 is 10.0 Å². The van der Waals surface area contributed by atoms with Crippen molar-refractivity contribution in [1.29, 1.82) is 0 Å². The third-order valence-corrected chi connectivity index (χ3v) is 8.74. The average molecular weight is 441 g/mol. The van der Waals surface area contributed by atoms with Crippen molar-refractivity contribution in [3.05, 3.63) is 54.4 Å². The maximum atomic E-state index is 13.6. The fourth-order valence-corrected chi connectivity index (χ4v) is 6.98. The molecule has 2 aromatic rings. The van der Waals surface area contributed by atoms with Gasteiger partial charge < -0.3 is 9.80 Å². The van der Waals surface area contributed by atoms with Crippen molar-refractivity contribution in [3.63, 3.8) is 0 Å². The van der Waals surface area contributed by atoms with Crippen molar-refractivity contribution in [2.45, 2.75) is 62.2 Å². The van der Waals surface area contributed by atoms with Crippen LogP contribution in [0.3, 0.4) is 0 Å². The SMILES string of the molecule is C[C@@H]1CCCN1C(=O)[C@H]1CC[C@@H]2CN(Cc3cccnc3)S(=O)(=O)c3ccccc3N21. The standard InChI is InChI=1S/C23H28N4O3S/c1-17-6-5-13-26(17)23(28)21-11-10-19-16-25(15-18-7-4-12-24-14-18)31(29,30)22-9-3-2-8-20(22)27(19)21/h2-4,7-9,12,14,17,19,21H,5-6,10-11,13,15-16H2,1H3/t17-,19-,21-/m1/s1. The molecular weight excluding hydrogens is 412 g/mol. The lowest BCUT2D eigenvalue weighted by Crippen LogP contribution is -2.50. The maximum Gasteiger partial charge on any atom is 0.245 e. The van der Waals surface area contributed by atoms with E-state index in [2.05, 4.69) is 16.8 Å². The summed E-state index contributed by atoms with van der Waals surface area (Å²) in [5, 5.41) is 0. The summed E-state index contributed by atoms with van der Waals surface area (Å²) in [4.78, 5) is 22.0. The predicted molar refractivity (Wildman–Crippen MR) is 118 cm³/mol. The fourth-order valence-electron chi connectivity index (χ4n) is 5.33. The maximum absolute atomic E-state index is 13.6. The summed E-state index contributed by atoms with van der Waals surface area (Å²) in [6.07, 6.45) is 7.01. The molecule has 3 aliphatic heterocycles. The van der Waals surface area contributed by atoms with Crippen molar-refractivity contribution in [3.8, 4) is 0 Å². The smallest absolute Gasteiger partial charge is 0.245 e. The molecule has 8 heteroatoms. The molecule has 0 radical (unpaired) electrons. The topological polar surface area (TPSA) is 73.8 Å². The first-order chi connectivity index (χ1) is 15.0. The molecule has 2 fully saturated rings. The minimum absolute atomic E-state index is 0.0260. The second-order valence-corrected chi connectivity index (χ2v) is 10.7. The number of aromatic nitrogens is 1. The number of pyridine rings is 1. The number of likely N-dealkylation sites (tertiary alicyclic amines) is 1. The van der Waals surface area contributed by atoms with Crippen LogP contribution in [0, 0.1) is 0 Å². The first-order valence-corrected chi connectivity index (χ1v) is 12.5. The molecule has 3 aliphatic rings. The largest absolute Gasteiger partial charge is 0.354 e. The van der Waals surface area contributed by atoms with Gasteiger partial charge in [0.1, 0.15) is 10.9 Å². The number of hydrogen-bond donors (Lipinski definition) is 0. The number of benzene rings is 1. The number of carbonyl (C=O) groups excluding carboxylic acids is 1. The normalized spacial score (nSPS) is 27.6. The zero-order valence-corrected chi connectivity index (χ0v) is 18.5. The molecule has 5 rings (SSSR count). The Labute approximate surface area is 183 Å². The lowest BCUT2D eigenvalue weighted by molar-refractivity contribution is -0.133. The minimum atomic E-state index is -3.70. The lowest BCUT2D eigenvalue weighted by atomic mass is 10.1. The summed E-state index contributed by atoms with van der Waals surface area (Å²) in [6.45, 7) is 3.54. The molecule has 0 N–H and O–H groups in total. The molecule has 2 saturated heterocycles. The van der Waals surface area contributed by atoms with Gasteiger partial charge in [-0.2, -0.15) is 4.31 Å². The van der Waals surface area contributed by atoms with Gasteiger partial charge in [-0.05, 0) is 56.4 Å². The number of rotatable bonds is 3. The number of carbonyl (C=O) groups is 1. The van der Waals surface area contributed by atoms with Crippen LogP contribution in [0.5, 0.6) is 0 Å². The molecule has 3 atom stereocenters. The first kappa shape index (κ1) is 20.5. The molecule has 31 heavy (non-hydrogen) atoms. The van der Waals surface area contributed by atoms with Gasteiger partial charge in [-0.15, -0.1) is 0 Å². The van der Waals surface area contributed by atoms with Gasteiger partial charge in [0.25, 0.3) is 0 Å². The van der Waals surface area contributed by atoms with E-state index in [0.717, 1.165) is 37.8 Å². The van der Waals surface area contributed by atoms with Crippen molar-refractivity contribution in [1.82, 2.24) is 14.2 Å². The third-order valence-electron chi connectivity index (χ3n) is 6.88. The van der Waals surface area contributed by atoms with Crippen molar-refractivity contribution < 1.29 is 13.2 Å². The van der Waals surface area contributed by atoms with Crippen LogP contribution in [-0.4, -0.2) is 59.7 Å². The second kappa shape index (κ2) is 7.91. The molecule has 0 aliphatic carbocycles. The third kappa shape index (κ3) is 3.51. The van der Waals surface area contributed by atoms with Crippen LogP contribution >= 0.6 is 0 Å². The van der Waals surface area contributed by atoms with Crippen molar-refractivity contribution >= 4 is 21.6 Å². The number of para-hydroxylation sites is 1. The first-order valence-electron chi connectivity index (χ1n) is 11.0.